The van der Waals surface area contributed by atoms with Crippen molar-refractivity contribution in [1.29, 1.82) is 0 Å². The number of nitrogens with two attached hydrogens (primary N) is 1. The molecule has 0 saturated carbocycles. The number of carbonyl (C=O) groups excluding carboxylic acids is 1. The highest BCUT2D eigenvalue weighted by Crippen LogP contribution is 2.18. The normalized spacial score (nSPS) is 20.8. The first-order chi connectivity index (χ1) is 7.57. The quantitative estimate of drug-likeness (QED) is 0.770. The summed E-state index contributed by atoms with van der Waals surface area (Å²) in [5, 5.41) is 8.95. The molecule has 3 N–H and O–H groups in total. The Morgan fingerprint density at radius 2 is 2.24 bits per heavy atom. The maximum absolute atomic E-state index is 11.9. The van der Waals surface area contributed by atoms with Crippen molar-refractivity contribution in [1.82, 2.24) is 4.90 Å². The first-order valence-corrected chi connectivity index (χ1v) is 6.75. The molecule has 0 aromatic rings. The van der Waals surface area contributed by atoms with E-state index in [1.54, 1.807) is 11.8 Å². The van der Waals surface area contributed by atoms with E-state index in [2.05, 4.69) is 0 Å². The lowest BCUT2D eigenvalue weighted by molar-refractivity contribution is -0.148. The lowest BCUT2D eigenvalue weighted by Crippen LogP contribution is -2.48. The van der Waals surface area contributed by atoms with Crippen LogP contribution in [0.25, 0.3) is 0 Å². The molecule has 1 amide bonds. The number of hydrogen-bond acceptors (Lipinski definition) is 4. The van der Waals surface area contributed by atoms with Crippen LogP contribution in [0.2, 0.25) is 0 Å². The summed E-state index contributed by atoms with van der Waals surface area (Å²) in [4.78, 5) is 24.2. The van der Waals surface area contributed by atoms with Gasteiger partial charge >= 0.3 is 5.97 Å². The van der Waals surface area contributed by atoms with Gasteiger partial charge < -0.3 is 15.7 Å². The Hall–Kier alpha value is -0.460. The van der Waals surface area contributed by atoms with Crippen molar-refractivity contribution >= 4 is 36.0 Å². The predicted molar refractivity (Wildman–Crippen MR) is 70.6 cm³/mol. The van der Waals surface area contributed by atoms with E-state index in [9.17, 15) is 9.59 Å². The Morgan fingerprint density at radius 3 is 2.76 bits per heavy atom. The fourth-order valence-electron chi connectivity index (χ4n) is 1.87. The van der Waals surface area contributed by atoms with Crippen LogP contribution in [-0.2, 0) is 9.59 Å². The number of carbonyl (C=O) groups is 2. The molecule has 1 aliphatic heterocycles. The van der Waals surface area contributed by atoms with Crippen LogP contribution < -0.4 is 5.73 Å². The van der Waals surface area contributed by atoms with E-state index < -0.39 is 18.1 Å². The lowest BCUT2D eigenvalue weighted by Gasteiger charge is -2.24. The van der Waals surface area contributed by atoms with Gasteiger partial charge in [-0.05, 0) is 31.3 Å². The van der Waals surface area contributed by atoms with Gasteiger partial charge in [0.2, 0.25) is 5.91 Å². The van der Waals surface area contributed by atoms with E-state index in [1.807, 2.05) is 6.26 Å². The molecule has 2 atom stereocenters. The summed E-state index contributed by atoms with van der Waals surface area (Å²) in [5.74, 6) is -0.333. The minimum atomic E-state index is -0.928. The first kappa shape index (κ1) is 16.5. The van der Waals surface area contributed by atoms with E-state index in [0.717, 1.165) is 12.2 Å². The molecule has 7 heteroatoms. The van der Waals surface area contributed by atoms with Gasteiger partial charge in [-0.25, -0.2) is 4.79 Å². The Labute approximate surface area is 112 Å². The summed E-state index contributed by atoms with van der Waals surface area (Å²) >= 11 is 1.63. The smallest absolute Gasteiger partial charge is 0.326 e. The van der Waals surface area contributed by atoms with Gasteiger partial charge in [-0.3, -0.25) is 4.79 Å². The van der Waals surface area contributed by atoms with Gasteiger partial charge in [0.1, 0.15) is 6.04 Å². The van der Waals surface area contributed by atoms with E-state index in [-0.39, 0.29) is 18.3 Å². The van der Waals surface area contributed by atoms with E-state index in [4.69, 9.17) is 10.8 Å². The Morgan fingerprint density at radius 1 is 1.59 bits per heavy atom. The molecular formula is C10H19ClN2O3S. The van der Waals surface area contributed by atoms with Crippen molar-refractivity contribution in [3.05, 3.63) is 0 Å². The maximum atomic E-state index is 11.9. The number of rotatable bonds is 5. The second-order valence-electron chi connectivity index (χ2n) is 3.92. The fourth-order valence-corrected chi connectivity index (χ4v) is 2.36. The molecule has 1 saturated heterocycles. The third kappa shape index (κ3) is 4.37. The fraction of sp³-hybridized carbons (Fsp3) is 0.800. The van der Waals surface area contributed by atoms with Crippen LogP contribution in [0, 0.1) is 0 Å². The molecule has 0 spiro atoms. The molecule has 0 aromatic heterocycles. The zero-order valence-corrected chi connectivity index (χ0v) is 11.4. The third-order valence-corrected chi connectivity index (χ3v) is 3.42. The molecule has 1 heterocycles. The van der Waals surface area contributed by atoms with Crippen molar-refractivity contribution in [2.45, 2.75) is 31.3 Å². The molecule has 0 radical (unpaired) electrons. The van der Waals surface area contributed by atoms with E-state index >= 15 is 0 Å². The number of aliphatic carboxylic acids is 1. The number of thioether (sulfide) groups is 1. The van der Waals surface area contributed by atoms with Gasteiger partial charge in [-0.15, -0.1) is 12.4 Å². The second-order valence-corrected chi connectivity index (χ2v) is 4.90. The number of carboxylic acids is 1. The zero-order valence-electron chi connectivity index (χ0n) is 9.80. The van der Waals surface area contributed by atoms with Crippen molar-refractivity contribution in [3.8, 4) is 0 Å². The molecule has 1 unspecified atom stereocenters. The van der Waals surface area contributed by atoms with Crippen LogP contribution in [-0.4, -0.2) is 52.5 Å². The molecule has 100 valence electrons. The molecule has 5 nitrogen and oxygen atoms in total. The highest BCUT2D eigenvalue weighted by Gasteiger charge is 2.35. The van der Waals surface area contributed by atoms with Gasteiger partial charge in [0.15, 0.2) is 0 Å². The average Bonchev–Trinajstić information content (AvgIpc) is 2.73. The lowest BCUT2D eigenvalue weighted by atomic mass is 10.2. The predicted octanol–water partition coefficient (Wildman–Crippen LogP) is 0.564. The molecule has 0 aliphatic carbocycles. The van der Waals surface area contributed by atoms with Crippen LogP contribution in [0.3, 0.4) is 0 Å². The summed E-state index contributed by atoms with van der Waals surface area (Å²) in [6.45, 7) is 0.517. The van der Waals surface area contributed by atoms with Crippen molar-refractivity contribution in [2.24, 2.45) is 5.73 Å². The van der Waals surface area contributed by atoms with Crippen molar-refractivity contribution < 1.29 is 14.7 Å². The summed E-state index contributed by atoms with van der Waals surface area (Å²) in [5.41, 5.74) is 5.75. The molecule has 0 bridgehead atoms. The van der Waals surface area contributed by atoms with Gasteiger partial charge in [0, 0.05) is 6.54 Å². The minimum absolute atomic E-state index is 0. The number of carboxylic acid groups (broad SMARTS) is 1. The number of nitrogens with zero attached hydrogens (tertiary/aromatic N) is 1. The van der Waals surface area contributed by atoms with Gasteiger partial charge in [0.05, 0.1) is 6.04 Å². The van der Waals surface area contributed by atoms with Crippen LogP contribution in [0.5, 0.6) is 0 Å². The van der Waals surface area contributed by atoms with Crippen LogP contribution in [0.4, 0.5) is 0 Å². The number of halogens is 1. The number of hydrogen-bond donors (Lipinski definition) is 2. The molecule has 17 heavy (non-hydrogen) atoms. The highest BCUT2D eigenvalue weighted by atomic mass is 35.5. The number of amides is 1. The van der Waals surface area contributed by atoms with E-state index in [1.165, 1.54) is 4.90 Å². The van der Waals surface area contributed by atoms with Gasteiger partial charge in [-0.2, -0.15) is 11.8 Å². The average molecular weight is 283 g/mol. The van der Waals surface area contributed by atoms with Crippen LogP contribution in [0.1, 0.15) is 19.3 Å². The molecule has 0 aromatic carbocycles. The van der Waals surface area contributed by atoms with Gasteiger partial charge in [-0.1, -0.05) is 0 Å². The summed E-state index contributed by atoms with van der Waals surface area (Å²) < 4.78 is 0. The SMILES string of the molecule is CSCC[C@@H](N)C(=O)N1CCCC1C(=O)O.Cl. The van der Waals surface area contributed by atoms with Crippen molar-refractivity contribution in [2.75, 3.05) is 18.6 Å². The topological polar surface area (TPSA) is 83.6 Å². The first-order valence-electron chi connectivity index (χ1n) is 5.35. The number of likely N-dealkylation sites (tertiary alicyclic amines) is 1. The largest absolute Gasteiger partial charge is 0.480 e. The zero-order chi connectivity index (χ0) is 12.1. The molecular weight excluding hydrogens is 264 g/mol. The summed E-state index contributed by atoms with van der Waals surface area (Å²) in [6.07, 6.45) is 3.84. The van der Waals surface area contributed by atoms with E-state index in [0.29, 0.717) is 19.4 Å². The molecule has 1 aliphatic rings. The maximum Gasteiger partial charge on any atom is 0.326 e. The Bertz CT molecular complexity index is 278. The van der Waals surface area contributed by atoms with Gasteiger partial charge in [0.25, 0.3) is 0 Å². The monoisotopic (exact) mass is 282 g/mol. The Kier molecular flexibility index (Phi) is 7.58. The van der Waals surface area contributed by atoms with Crippen LogP contribution in [0.15, 0.2) is 0 Å². The summed E-state index contributed by atoms with van der Waals surface area (Å²) in [7, 11) is 0. The Balaban J connectivity index is 0.00000256. The summed E-state index contributed by atoms with van der Waals surface area (Å²) in [6, 6.07) is -1.24. The third-order valence-electron chi connectivity index (χ3n) is 2.77. The van der Waals surface area contributed by atoms with Crippen molar-refractivity contribution in [3.63, 3.8) is 0 Å². The molecule has 1 rings (SSSR count). The molecule has 1 fully saturated rings. The van der Waals surface area contributed by atoms with Crippen LogP contribution >= 0.6 is 24.2 Å². The second kappa shape index (κ2) is 7.79. The standard InChI is InChI=1S/C10H18N2O3S.ClH/c1-16-6-4-7(11)9(13)12-5-2-3-8(12)10(14)15;/h7-8H,2-6,11H2,1H3,(H,14,15);1H/t7-,8?;/m1./s1. The highest BCUT2D eigenvalue weighted by molar-refractivity contribution is 7.98. The minimum Gasteiger partial charge on any atom is -0.480 e.